The maximum absolute atomic E-state index is 5.85. The molecule has 2 nitrogen and oxygen atoms in total. The molecule has 0 bridgehead atoms. The molecule has 0 saturated carbocycles. The summed E-state index contributed by atoms with van der Waals surface area (Å²) in [6.45, 7) is 5.93. The lowest BCUT2D eigenvalue weighted by atomic mass is 10.2. The second-order valence-corrected chi connectivity index (χ2v) is 5.87. The number of benzene rings is 1. The lowest BCUT2D eigenvalue weighted by Gasteiger charge is -2.05. The molecular formula is C15H24ClNOS. The zero-order valence-corrected chi connectivity index (χ0v) is 13.2. The van der Waals surface area contributed by atoms with E-state index in [4.69, 9.17) is 16.3 Å². The average molecular weight is 302 g/mol. The largest absolute Gasteiger partial charge is 0.382 e. The molecule has 1 aromatic rings. The summed E-state index contributed by atoms with van der Waals surface area (Å²) < 4.78 is 5.29. The van der Waals surface area contributed by atoms with Crippen LogP contribution in [0, 0.1) is 0 Å². The third-order valence-electron chi connectivity index (χ3n) is 2.70. The van der Waals surface area contributed by atoms with Gasteiger partial charge in [0.05, 0.1) is 0 Å². The topological polar surface area (TPSA) is 21.3 Å². The van der Waals surface area contributed by atoms with E-state index in [1.54, 1.807) is 0 Å². The van der Waals surface area contributed by atoms with E-state index in [-0.39, 0.29) is 0 Å². The van der Waals surface area contributed by atoms with Crippen molar-refractivity contribution in [2.45, 2.75) is 25.5 Å². The summed E-state index contributed by atoms with van der Waals surface area (Å²) in [5.41, 5.74) is 1.34. The number of unbranched alkanes of at least 4 members (excludes halogenated alkanes) is 1. The van der Waals surface area contributed by atoms with Crippen molar-refractivity contribution >= 4 is 23.4 Å². The van der Waals surface area contributed by atoms with Gasteiger partial charge >= 0.3 is 0 Å². The lowest BCUT2D eigenvalue weighted by Crippen LogP contribution is -2.18. The maximum Gasteiger partial charge on any atom is 0.0466 e. The van der Waals surface area contributed by atoms with Crippen LogP contribution >= 0.6 is 23.4 Å². The van der Waals surface area contributed by atoms with Gasteiger partial charge in [0.2, 0.25) is 0 Å². The van der Waals surface area contributed by atoms with Crippen molar-refractivity contribution in [2.24, 2.45) is 0 Å². The van der Waals surface area contributed by atoms with E-state index in [1.807, 2.05) is 30.8 Å². The molecule has 0 aromatic heterocycles. The average Bonchev–Trinajstić information content (AvgIpc) is 2.43. The highest BCUT2D eigenvalue weighted by Gasteiger charge is 1.94. The normalized spacial score (nSPS) is 10.8. The third kappa shape index (κ3) is 9.33. The molecule has 1 N–H and O–H groups in total. The van der Waals surface area contributed by atoms with Crippen LogP contribution in [0.25, 0.3) is 0 Å². The van der Waals surface area contributed by atoms with Gasteiger partial charge in [-0.15, -0.1) is 0 Å². The highest BCUT2D eigenvalue weighted by molar-refractivity contribution is 7.98. The number of nitrogens with one attached hydrogen (secondary N) is 1. The number of rotatable bonds is 11. The molecule has 0 atom stereocenters. The molecule has 0 unspecified atom stereocenters. The van der Waals surface area contributed by atoms with Crippen molar-refractivity contribution in [2.75, 3.05) is 32.1 Å². The quantitative estimate of drug-likeness (QED) is 0.625. The number of hydrogen-bond acceptors (Lipinski definition) is 3. The van der Waals surface area contributed by atoms with Gasteiger partial charge in [-0.1, -0.05) is 23.7 Å². The molecule has 0 saturated heterocycles. The van der Waals surface area contributed by atoms with Crippen LogP contribution in [0.4, 0.5) is 0 Å². The molecule has 0 spiro atoms. The molecule has 0 fully saturated rings. The summed E-state index contributed by atoms with van der Waals surface area (Å²) in [5, 5.41) is 4.27. The molecular weight excluding hydrogens is 278 g/mol. The van der Waals surface area contributed by atoms with Crippen molar-refractivity contribution < 1.29 is 4.74 Å². The molecule has 1 rings (SSSR count). The summed E-state index contributed by atoms with van der Waals surface area (Å²) in [5.74, 6) is 2.21. The SMILES string of the molecule is CCOCCCCNCCSCc1ccc(Cl)cc1. The first-order chi connectivity index (χ1) is 9.33. The summed E-state index contributed by atoms with van der Waals surface area (Å²) in [6, 6.07) is 8.09. The Labute approximate surface area is 126 Å². The Hall–Kier alpha value is -0.220. The van der Waals surface area contributed by atoms with Crippen molar-refractivity contribution in [3.05, 3.63) is 34.9 Å². The van der Waals surface area contributed by atoms with Gasteiger partial charge < -0.3 is 10.1 Å². The maximum atomic E-state index is 5.85. The summed E-state index contributed by atoms with van der Waals surface area (Å²) in [4.78, 5) is 0. The van der Waals surface area contributed by atoms with Crippen molar-refractivity contribution in [3.8, 4) is 0 Å². The Morgan fingerprint density at radius 1 is 1.16 bits per heavy atom. The number of halogens is 1. The molecule has 0 aliphatic carbocycles. The van der Waals surface area contributed by atoms with E-state index in [2.05, 4.69) is 17.4 Å². The fourth-order valence-corrected chi connectivity index (χ4v) is 2.63. The summed E-state index contributed by atoms with van der Waals surface area (Å²) in [7, 11) is 0. The van der Waals surface area contributed by atoms with Gasteiger partial charge in [-0.2, -0.15) is 11.8 Å². The molecule has 0 radical (unpaired) electrons. The van der Waals surface area contributed by atoms with Gasteiger partial charge in [0.15, 0.2) is 0 Å². The van der Waals surface area contributed by atoms with Crippen molar-refractivity contribution in [1.82, 2.24) is 5.32 Å². The minimum Gasteiger partial charge on any atom is -0.382 e. The van der Waals surface area contributed by atoms with Gasteiger partial charge in [0.25, 0.3) is 0 Å². The van der Waals surface area contributed by atoms with Crippen LogP contribution in [0.2, 0.25) is 5.02 Å². The molecule has 0 heterocycles. The first kappa shape index (κ1) is 16.8. The van der Waals surface area contributed by atoms with Crippen LogP contribution in [0.1, 0.15) is 25.3 Å². The predicted molar refractivity (Wildman–Crippen MR) is 86.2 cm³/mol. The van der Waals surface area contributed by atoms with E-state index in [1.165, 1.54) is 12.0 Å². The van der Waals surface area contributed by atoms with Crippen molar-refractivity contribution in [3.63, 3.8) is 0 Å². The van der Waals surface area contributed by atoms with E-state index >= 15 is 0 Å². The van der Waals surface area contributed by atoms with E-state index < -0.39 is 0 Å². The van der Waals surface area contributed by atoms with Gasteiger partial charge in [-0.25, -0.2) is 0 Å². The smallest absolute Gasteiger partial charge is 0.0466 e. The third-order valence-corrected chi connectivity index (χ3v) is 3.98. The minimum absolute atomic E-state index is 0.808. The Kier molecular flexibility index (Phi) is 10.3. The molecule has 1 aromatic carbocycles. The second kappa shape index (κ2) is 11.6. The number of hydrogen-bond donors (Lipinski definition) is 1. The highest BCUT2D eigenvalue weighted by Crippen LogP contribution is 2.14. The summed E-state index contributed by atoms with van der Waals surface area (Å²) in [6.07, 6.45) is 2.35. The van der Waals surface area contributed by atoms with Crippen molar-refractivity contribution in [1.29, 1.82) is 0 Å². The number of thioether (sulfide) groups is 1. The minimum atomic E-state index is 0.808. The van der Waals surface area contributed by atoms with Gasteiger partial charge in [-0.05, 0) is 44.0 Å². The predicted octanol–water partition coefficient (Wildman–Crippen LogP) is 3.98. The lowest BCUT2D eigenvalue weighted by molar-refractivity contribution is 0.143. The Balaban J connectivity index is 1.87. The molecule has 4 heteroatoms. The fourth-order valence-electron chi connectivity index (χ4n) is 1.64. The van der Waals surface area contributed by atoms with E-state index in [0.717, 1.165) is 49.3 Å². The zero-order chi connectivity index (χ0) is 13.8. The van der Waals surface area contributed by atoms with Crippen LogP contribution in [0.5, 0.6) is 0 Å². The molecule has 19 heavy (non-hydrogen) atoms. The fraction of sp³-hybridized carbons (Fsp3) is 0.600. The van der Waals surface area contributed by atoms with Crippen LogP contribution in [-0.4, -0.2) is 32.1 Å². The van der Waals surface area contributed by atoms with Crippen LogP contribution in [-0.2, 0) is 10.5 Å². The first-order valence-corrected chi connectivity index (χ1v) is 8.47. The first-order valence-electron chi connectivity index (χ1n) is 6.93. The standard InChI is InChI=1S/C15H24ClNOS/c1-2-18-11-4-3-9-17-10-12-19-13-14-5-7-15(16)8-6-14/h5-8,17H,2-4,9-13H2,1H3. The Bertz CT molecular complexity index is 318. The monoisotopic (exact) mass is 301 g/mol. The van der Waals surface area contributed by atoms with Gasteiger partial charge in [0, 0.05) is 36.3 Å². The molecule has 0 aliphatic heterocycles. The second-order valence-electron chi connectivity index (χ2n) is 4.33. The number of ether oxygens (including phenoxy) is 1. The van der Waals surface area contributed by atoms with Gasteiger partial charge in [-0.3, -0.25) is 0 Å². The molecule has 0 amide bonds. The Morgan fingerprint density at radius 3 is 2.68 bits per heavy atom. The van der Waals surface area contributed by atoms with E-state index in [0.29, 0.717) is 0 Å². The van der Waals surface area contributed by atoms with E-state index in [9.17, 15) is 0 Å². The highest BCUT2D eigenvalue weighted by atomic mass is 35.5. The molecule has 0 aliphatic rings. The summed E-state index contributed by atoms with van der Waals surface area (Å²) >= 11 is 7.80. The van der Waals surface area contributed by atoms with Crippen LogP contribution in [0.15, 0.2) is 24.3 Å². The molecule has 108 valence electrons. The van der Waals surface area contributed by atoms with Crippen LogP contribution < -0.4 is 5.32 Å². The Morgan fingerprint density at radius 2 is 1.95 bits per heavy atom. The zero-order valence-electron chi connectivity index (χ0n) is 11.7. The van der Waals surface area contributed by atoms with Crippen LogP contribution in [0.3, 0.4) is 0 Å². The van der Waals surface area contributed by atoms with Gasteiger partial charge in [0.1, 0.15) is 0 Å².